The highest BCUT2D eigenvalue weighted by atomic mass is 16.5. The Morgan fingerprint density at radius 2 is 1.82 bits per heavy atom. The van der Waals surface area contributed by atoms with Gasteiger partial charge in [-0.1, -0.05) is 0 Å². The zero-order chi connectivity index (χ0) is 15.7. The fourth-order valence-corrected chi connectivity index (χ4v) is 2.95. The predicted octanol–water partition coefficient (Wildman–Crippen LogP) is 2.72. The lowest BCUT2D eigenvalue weighted by Crippen LogP contribution is -2.40. The van der Waals surface area contributed by atoms with E-state index in [1.807, 2.05) is 11.0 Å². The Morgan fingerprint density at radius 1 is 1.14 bits per heavy atom. The van der Waals surface area contributed by atoms with Crippen LogP contribution in [-0.2, 0) is 6.54 Å². The fourth-order valence-electron chi connectivity index (χ4n) is 2.95. The largest absolute Gasteiger partial charge is 0.497 e. The first kappa shape index (κ1) is 14.5. The summed E-state index contributed by atoms with van der Waals surface area (Å²) in [6.45, 7) is 3.57. The minimum atomic E-state index is -0.00264. The average molecular weight is 300 g/mol. The van der Waals surface area contributed by atoms with E-state index < -0.39 is 0 Å². The number of methoxy groups -OCH3 is 2. The molecule has 2 heterocycles. The van der Waals surface area contributed by atoms with Gasteiger partial charge in [-0.3, -0.25) is 4.79 Å². The summed E-state index contributed by atoms with van der Waals surface area (Å²) in [6.07, 6.45) is 2.06. The molecule has 0 radical (unpaired) electrons. The van der Waals surface area contributed by atoms with Crippen LogP contribution in [0.1, 0.15) is 29.0 Å². The lowest BCUT2D eigenvalue weighted by atomic mass is 10.1. The molecule has 1 atom stereocenters. The van der Waals surface area contributed by atoms with Gasteiger partial charge in [0.05, 0.1) is 20.3 Å². The molecule has 0 saturated carbocycles. The summed E-state index contributed by atoms with van der Waals surface area (Å²) >= 11 is 0. The van der Waals surface area contributed by atoms with Gasteiger partial charge in [0.15, 0.2) is 0 Å². The van der Waals surface area contributed by atoms with E-state index in [0.717, 1.165) is 12.2 Å². The molecule has 5 heteroatoms. The van der Waals surface area contributed by atoms with Crippen LogP contribution in [0.4, 0.5) is 0 Å². The molecular weight excluding hydrogens is 280 g/mol. The highest BCUT2D eigenvalue weighted by molar-refractivity contribution is 5.95. The van der Waals surface area contributed by atoms with Crippen molar-refractivity contribution in [1.29, 1.82) is 0 Å². The molecule has 0 saturated heterocycles. The van der Waals surface area contributed by atoms with Gasteiger partial charge in [-0.15, -0.1) is 0 Å². The zero-order valence-electron chi connectivity index (χ0n) is 13.1. The Morgan fingerprint density at radius 3 is 2.45 bits per heavy atom. The van der Waals surface area contributed by atoms with Crippen LogP contribution in [0.2, 0.25) is 0 Å². The van der Waals surface area contributed by atoms with Crippen LogP contribution in [0.15, 0.2) is 36.5 Å². The van der Waals surface area contributed by atoms with Gasteiger partial charge in [0.1, 0.15) is 11.5 Å². The van der Waals surface area contributed by atoms with Crippen molar-refractivity contribution < 1.29 is 14.3 Å². The normalized spacial score (nSPS) is 17.0. The summed E-state index contributed by atoms with van der Waals surface area (Å²) in [6, 6.07) is 9.41. The number of carbonyl (C=O) groups is 1. The van der Waals surface area contributed by atoms with Gasteiger partial charge >= 0.3 is 0 Å². The van der Waals surface area contributed by atoms with Gasteiger partial charge in [0.25, 0.3) is 5.91 Å². The number of ether oxygens (including phenoxy) is 2. The van der Waals surface area contributed by atoms with E-state index in [9.17, 15) is 4.79 Å². The fraction of sp³-hybridized carbons (Fsp3) is 0.353. The monoisotopic (exact) mass is 300 g/mol. The number of amides is 1. The minimum absolute atomic E-state index is 0.00264. The highest BCUT2D eigenvalue weighted by Crippen LogP contribution is 2.29. The number of hydrogen-bond acceptors (Lipinski definition) is 3. The lowest BCUT2D eigenvalue weighted by molar-refractivity contribution is 0.0643. The Bertz CT molecular complexity index is 671. The van der Waals surface area contributed by atoms with Gasteiger partial charge in [-0.2, -0.15) is 0 Å². The van der Waals surface area contributed by atoms with Gasteiger partial charge in [-0.25, -0.2) is 0 Å². The molecule has 0 spiro atoms. The summed E-state index contributed by atoms with van der Waals surface area (Å²) in [7, 11) is 3.17. The minimum Gasteiger partial charge on any atom is -0.497 e. The van der Waals surface area contributed by atoms with E-state index in [0.29, 0.717) is 23.6 Å². The number of hydrogen-bond donors (Lipinski definition) is 0. The standard InChI is InChI=1S/C17H20N2O3/c1-12-16-5-4-6-18(16)7-8-19(12)17(20)13-9-14(21-2)11-15(10-13)22-3/h4-6,9-12H,7-8H2,1-3H3/t12-/m0/s1. The molecule has 1 aliphatic rings. The molecule has 0 unspecified atom stereocenters. The van der Waals surface area contributed by atoms with Crippen LogP contribution in [0.5, 0.6) is 11.5 Å². The molecule has 1 aromatic carbocycles. The van der Waals surface area contributed by atoms with E-state index in [4.69, 9.17) is 9.47 Å². The second kappa shape index (κ2) is 5.75. The third-order valence-corrected chi connectivity index (χ3v) is 4.20. The van der Waals surface area contributed by atoms with E-state index in [2.05, 4.69) is 23.8 Å². The Hall–Kier alpha value is -2.43. The van der Waals surface area contributed by atoms with E-state index in [1.165, 1.54) is 0 Å². The topological polar surface area (TPSA) is 43.7 Å². The number of carbonyl (C=O) groups excluding carboxylic acids is 1. The first-order valence-corrected chi connectivity index (χ1v) is 7.33. The van der Waals surface area contributed by atoms with Gasteiger partial charge in [-0.05, 0) is 31.2 Å². The second-order valence-electron chi connectivity index (χ2n) is 5.40. The van der Waals surface area contributed by atoms with E-state index >= 15 is 0 Å². The Balaban J connectivity index is 1.91. The van der Waals surface area contributed by atoms with Gasteiger partial charge < -0.3 is 18.9 Å². The molecule has 1 amide bonds. The molecule has 0 N–H and O–H groups in total. The molecule has 5 nitrogen and oxygen atoms in total. The molecule has 0 aliphatic carbocycles. The lowest BCUT2D eigenvalue weighted by Gasteiger charge is -2.35. The molecule has 0 bridgehead atoms. The van der Waals surface area contributed by atoms with Crippen molar-refractivity contribution in [3.05, 3.63) is 47.8 Å². The molecule has 1 aromatic heterocycles. The van der Waals surface area contributed by atoms with Crippen LogP contribution in [0, 0.1) is 0 Å². The van der Waals surface area contributed by atoms with Crippen molar-refractivity contribution >= 4 is 5.91 Å². The summed E-state index contributed by atoms with van der Waals surface area (Å²) in [5, 5.41) is 0. The maximum absolute atomic E-state index is 12.9. The summed E-state index contributed by atoms with van der Waals surface area (Å²) < 4.78 is 12.7. The van der Waals surface area contributed by atoms with Crippen molar-refractivity contribution in [2.45, 2.75) is 19.5 Å². The second-order valence-corrected chi connectivity index (χ2v) is 5.40. The van der Waals surface area contributed by atoms with Crippen molar-refractivity contribution in [1.82, 2.24) is 9.47 Å². The average Bonchev–Trinajstić information content (AvgIpc) is 3.03. The van der Waals surface area contributed by atoms with Crippen LogP contribution in [-0.4, -0.2) is 36.1 Å². The van der Waals surface area contributed by atoms with Crippen molar-refractivity contribution in [3.63, 3.8) is 0 Å². The molecule has 2 aromatic rings. The van der Waals surface area contributed by atoms with Gasteiger partial charge in [0, 0.05) is 36.6 Å². The van der Waals surface area contributed by atoms with E-state index in [-0.39, 0.29) is 11.9 Å². The Kier molecular flexibility index (Phi) is 3.79. The number of rotatable bonds is 3. The molecule has 22 heavy (non-hydrogen) atoms. The first-order valence-electron chi connectivity index (χ1n) is 7.33. The molecule has 116 valence electrons. The van der Waals surface area contributed by atoms with Gasteiger partial charge in [0.2, 0.25) is 0 Å². The molecular formula is C17H20N2O3. The summed E-state index contributed by atoms with van der Waals surface area (Å²) in [5.74, 6) is 1.24. The number of benzene rings is 1. The van der Waals surface area contributed by atoms with Crippen LogP contribution in [0.25, 0.3) is 0 Å². The number of aromatic nitrogens is 1. The van der Waals surface area contributed by atoms with Crippen molar-refractivity contribution in [2.75, 3.05) is 20.8 Å². The van der Waals surface area contributed by atoms with Crippen LogP contribution in [0.3, 0.4) is 0 Å². The first-order chi connectivity index (χ1) is 10.6. The third kappa shape index (κ3) is 2.43. The predicted molar refractivity (Wildman–Crippen MR) is 83.4 cm³/mol. The third-order valence-electron chi connectivity index (χ3n) is 4.20. The maximum Gasteiger partial charge on any atom is 0.254 e. The van der Waals surface area contributed by atoms with Crippen molar-refractivity contribution in [3.8, 4) is 11.5 Å². The zero-order valence-corrected chi connectivity index (χ0v) is 13.1. The Labute approximate surface area is 130 Å². The smallest absolute Gasteiger partial charge is 0.254 e. The van der Waals surface area contributed by atoms with Crippen LogP contribution < -0.4 is 9.47 Å². The highest BCUT2D eigenvalue weighted by Gasteiger charge is 2.28. The van der Waals surface area contributed by atoms with Crippen LogP contribution >= 0.6 is 0 Å². The summed E-state index contributed by atoms with van der Waals surface area (Å²) in [5.41, 5.74) is 1.75. The SMILES string of the molecule is COc1cc(OC)cc(C(=O)N2CCn3cccc3[C@@H]2C)c1. The molecule has 1 aliphatic heterocycles. The molecule has 0 fully saturated rings. The quantitative estimate of drug-likeness (QED) is 0.875. The number of nitrogens with zero attached hydrogens (tertiary/aromatic N) is 2. The van der Waals surface area contributed by atoms with E-state index in [1.54, 1.807) is 32.4 Å². The molecule has 3 rings (SSSR count). The number of fused-ring (bicyclic) bond motifs is 1. The van der Waals surface area contributed by atoms with Crippen molar-refractivity contribution in [2.24, 2.45) is 0 Å². The maximum atomic E-state index is 12.9. The summed E-state index contributed by atoms with van der Waals surface area (Å²) in [4.78, 5) is 14.8.